The number of benzene rings is 1. The van der Waals surface area contributed by atoms with Crippen molar-refractivity contribution in [2.75, 3.05) is 30.0 Å². The molecule has 1 fully saturated rings. The second kappa shape index (κ2) is 6.32. The molecule has 2 N–H and O–H groups in total. The zero-order valence-corrected chi connectivity index (χ0v) is 10.6. The normalized spacial score (nSPS) is 14.1. The molecule has 0 aromatic heterocycles. The maximum absolute atomic E-state index is 11.8. The Morgan fingerprint density at radius 2 is 2.20 bits per heavy atom. The maximum Gasteiger partial charge on any atom is 0.240 e. The van der Waals surface area contributed by atoms with Crippen molar-refractivity contribution in [1.29, 1.82) is 10.5 Å². The number of hydrogen-bond acceptors (Lipinski definition) is 6. The van der Waals surface area contributed by atoms with E-state index >= 15 is 0 Å². The molecule has 0 radical (unpaired) electrons. The molecule has 0 saturated carbocycles. The number of nitriles is 2. The van der Waals surface area contributed by atoms with Crippen LogP contribution in [-0.2, 0) is 4.79 Å². The first-order valence-electron chi connectivity index (χ1n) is 5.99. The molecule has 0 spiro atoms. The van der Waals surface area contributed by atoms with E-state index in [2.05, 4.69) is 15.8 Å². The van der Waals surface area contributed by atoms with E-state index in [1.807, 2.05) is 6.07 Å². The summed E-state index contributed by atoms with van der Waals surface area (Å²) >= 11 is 0. The summed E-state index contributed by atoms with van der Waals surface area (Å²) in [4.78, 5) is 13.5. The lowest BCUT2D eigenvalue weighted by Crippen LogP contribution is -2.48. The molecule has 20 heavy (non-hydrogen) atoms. The summed E-state index contributed by atoms with van der Waals surface area (Å²) in [6.07, 6.45) is 0. The summed E-state index contributed by atoms with van der Waals surface area (Å²) in [7, 11) is 0. The number of nitrogens with one attached hydrogen (secondary N) is 2. The first-order chi connectivity index (χ1) is 9.74. The number of hydrogen-bond donors (Lipinski definition) is 2. The van der Waals surface area contributed by atoms with Crippen LogP contribution >= 0.6 is 0 Å². The molecular weight excluding hydrogens is 256 g/mol. The summed E-state index contributed by atoms with van der Waals surface area (Å²) in [6.45, 7) is 1.67. The van der Waals surface area contributed by atoms with E-state index in [1.54, 1.807) is 35.2 Å². The van der Waals surface area contributed by atoms with E-state index in [9.17, 15) is 4.79 Å². The molecule has 1 aromatic carbocycles. The number of anilines is 2. The zero-order chi connectivity index (χ0) is 14.4. The van der Waals surface area contributed by atoms with E-state index in [-0.39, 0.29) is 11.6 Å². The summed E-state index contributed by atoms with van der Waals surface area (Å²) in [6, 6.07) is 10.4. The van der Waals surface area contributed by atoms with E-state index < -0.39 is 0 Å². The highest BCUT2D eigenvalue weighted by Crippen LogP contribution is 2.20. The van der Waals surface area contributed by atoms with Crippen LogP contribution in [0.15, 0.2) is 29.4 Å². The Morgan fingerprint density at radius 3 is 2.90 bits per heavy atom. The van der Waals surface area contributed by atoms with Gasteiger partial charge in [-0.2, -0.15) is 15.6 Å². The van der Waals surface area contributed by atoms with Gasteiger partial charge in [-0.1, -0.05) is 6.07 Å². The van der Waals surface area contributed by atoms with Gasteiger partial charge in [-0.05, 0) is 18.2 Å². The number of hydrazone groups is 1. The van der Waals surface area contributed by atoms with Crippen LogP contribution in [-0.4, -0.2) is 31.3 Å². The van der Waals surface area contributed by atoms with Gasteiger partial charge in [0.25, 0.3) is 0 Å². The standard InChI is InChI=1S/C13H12N6O/c14-7-11(8-15)18-17-10-2-1-3-12(6-10)19-5-4-16-9-13(19)20/h1-3,6,16-17H,4-5,9H2. The van der Waals surface area contributed by atoms with E-state index in [4.69, 9.17) is 10.5 Å². The van der Waals surface area contributed by atoms with Crippen LogP contribution in [0.25, 0.3) is 0 Å². The molecule has 0 unspecified atom stereocenters. The lowest BCUT2D eigenvalue weighted by molar-refractivity contribution is -0.118. The van der Waals surface area contributed by atoms with Gasteiger partial charge in [-0.15, -0.1) is 0 Å². The first-order valence-corrected chi connectivity index (χ1v) is 5.99. The van der Waals surface area contributed by atoms with Crippen LogP contribution in [0.3, 0.4) is 0 Å². The number of nitrogens with zero attached hydrogens (tertiary/aromatic N) is 4. The largest absolute Gasteiger partial charge is 0.310 e. The predicted octanol–water partition coefficient (Wildman–Crippen LogP) is 0.438. The van der Waals surface area contributed by atoms with Gasteiger partial charge in [0.2, 0.25) is 11.6 Å². The van der Waals surface area contributed by atoms with Gasteiger partial charge < -0.3 is 10.2 Å². The number of amides is 1. The molecule has 1 aliphatic rings. The molecule has 7 heteroatoms. The highest BCUT2D eigenvalue weighted by molar-refractivity contribution is 6.10. The molecule has 0 atom stereocenters. The second-order valence-corrected chi connectivity index (χ2v) is 4.07. The van der Waals surface area contributed by atoms with Gasteiger partial charge in [-0.3, -0.25) is 10.2 Å². The molecule has 1 heterocycles. The van der Waals surface area contributed by atoms with Crippen molar-refractivity contribution in [3.8, 4) is 12.1 Å². The monoisotopic (exact) mass is 268 g/mol. The molecular formula is C13H12N6O. The number of piperazine rings is 1. The predicted molar refractivity (Wildman–Crippen MR) is 73.9 cm³/mol. The third-order valence-corrected chi connectivity index (χ3v) is 2.76. The van der Waals surface area contributed by atoms with Crippen LogP contribution in [0.4, 0.5) is 11.4 Å². The summed E-state index contributed by atoms with van der Waals surface area (Å²) < 4.78 is 0. The van der Waals surface area contributed by atoms with Crippen molar-refractivity contribution >= 4 is 23.0 Å². The van der Waals surface area contributed by atoms with Crippen molar-refractivity contribution < 1.29 is 4.79 Å². The molecule has 2 rings (SSSR count). The average molecular weight is 268 g/mol. The lowest BCUT2D eigenvalue weighted by atomic mass is 10.2. The van der Waals surface area contributed by atoms with Gasteiger partial charge in [-0.25, -0.2) is 0 Å². The van der Waals surface area contributed by atoms with Gasteiger partial charge in [0.05, 0.1) is 12.2 Å². The van der Waals surface area contributed by atoms with E-state index in [1.165, 1.54) is 0 Å². The summed E-state index contributed by atoms with van der Waals surface area (Å²) in [5.41, 5.74) is 3.74. The van der Waals surface area contributed by atoms with Crippen molar-refractivity contribution in [3.05, 3.63) is 24.3 Å². The van der Waals surface area contributed by atoms with Crippen LogP contribution in [0.1, 0.15) is 0 Å². The Labute approximate surface area is 116 Å². The molecule has 1 aromatic rings. The lowest BCUT2D eigenvalue weighted by Gasteiger charge is -2.27. The Bertz CT molecular complexity index is 608. The van der Waals surface area contributed by atoms with Gasteiger partial charge >= 0.3 is 0 Å². The van der Waals surface area contributed by atoms with E-state index in [0.717, 1.165) is 12.2 Å². The fraction of sp³-hybridized carbons (Fsp3) is 0.231. The minimum atomic E-state index is -0.256. The molecule has 7 nitrogen and oxygen atoms in total. The number of carbonyl (C=O) groups is 1. The van der Waals surface area contributed by atoms with Crippen LogP contribution < -0.4 is 15.6 Å². The Morgan fingerprint density at radius 1 is 1.40 bits per heavy atom. The number of rotatable bonds is 3. The van der Waals surface area contributed by atoms with Crippen molar-refractivity contribution in [2.45, 2.75) is 0 Å². The van der Waals surface area contributed by atoms with Crippen molar-refractivity contribution in [3.63, 3.8) is 0 Å². The topological polar surface area (TPSA) is 104 Å². The Hall–Kier alpha value is -2.90. The second-order valence-electron chi connectivity index (χ2n) is 4.07. The molecule has 100 valence electrons. The Balaban J connectivity index is 2.16. The first kappa shape index (κ1) is 13.5. The zero-order valence-electron chi connectivity index (χ0n) is 10.6. The fourth-order valence-corrected chi connectivity index (χ4v) is 1.82. The molecule has 1 saturated heterocycles. The summed E-state index contributed by atoms with van der Waals surface area (Å²) in [5, 5.41) is 23.9. The molecule has 1 amide bonds. The van der Waals surface area contributed by atoms with Crippen LogP contribution in [0, 0.1) is 22.7 Å². The maximum atomic E-state index is 11.8. The van der Waals surface area contributed by atoms with E-state index in [0.29, 0.717) is 18.8 Å². The van der Waals surface area contributed by atoms with Gasteiger partial charge in [0.15, 0.2) is 0 Å². The van der Waals surface area contributed by atoms with Gasteiger partial charge in [0.1, 0.15) is 12.1 Å². The smallest absolute Gasteiger partial charge is 0.240 e. The molecule has 0 aliphatic carbocycles. The van der Waals surface area contributed by atoms with Gasteiger partial charge in [0, 0.05) is 18.8 Å². The van der Waals surface area contributed by atoms with Crippen LogP contribution in [0.5, 0.6) is 0 Å². The average Bonchev–Trinajstić information content (AvgIpc) is 2.49. The fourth-order valence-electron chi connectivity index (χ4n) is 1.82. The minimum Gasteiger partial charge on any atom is -0.310 e. The molecule has 0 bridgehead atoms. The molecule has 1 aliphatic heterocycles. The van der Waals surface area contributed by atoms with Crippen molar-refractivity contribution in [2.24, 2.45) is 5.10 Å². The third-order valence-electron chi connectivity index (χ3n) is 2.76. The minimum absolute atomic E-state index is 0.00615. The van der Waals surface area contributed by atoms with Crippen LogP contribution in [0.2, 0.25) is 0 Å². The highest BCUT2D eigenvalue weighted by atomic mass is 16.2. The quantitative estimate of drug-likeness (QED) is 0.611. The highest BCUT2D eigenvalue weighted by Gasteiger charge is 2.19. The third kappa shape index (κ3) is 3.10. The summed E-state index contributed by atoms with van der Waals surface area (Å²) in [5.74, 6) is 0.00615. The SMILES string of the molecule is N#CC(C#N)=NNc1cccc(N2CCNCC2=O)c1. The van der Waals surface area contributed by atoms with Crippen molar-refractivity contribution in [1.82, 2.24) is 5.32 Å². The Kier molecular flexibility index (Phi) is 4.28. The number of carbonyl (C=O) groups excluding carboxylic acids is 1.